The third kappa shape index (κ3) is 3.84. The van der Waals surface area contributed by atoms with Gasteiger partial charge in [0.05, 0.1) is 23.2 Å². The van der Waals surface area contributed by atoms with Gasteiger partial charge >= 0.3 is 5.97 Å². The van der Waals surface area contributed by atoms with E-state index in [1.54, 1.807) is 24.3 Å². The van der Waals surface area contributed by atoms with Crippen LogP contribution in [0.15, 0.2) is 42.5 Å². The normalized spacial score (nSPS) is 10.4. The van der Waals surface area contributed by atoms with Gasteiger partial charge in [-0.1, -0.05) is 18.2 Å². The van der Waals surface area contributed by atoms with Crippen LogP contribution in [0.4, 0.5) is 11.4 Å². The number of rotatable bonds is 6. The minimum atomic E-state index is -0.770. The van der Waals surface area contributed by atoms with Gasteiger partial charge in [-0.2, -0.15) is 5.10 Å². The molecule has 0 atom stereocenters. The molecule has 1 heterocycles. The molecule has 3 aromatic rings. The third-order valence-electron chi connectivity index (χ3n) is 3.67. The summed E-state index contributed by atoms with van der Waals surface area (Å²) in [5.41, 5.74) is 0.602. The van der Waals surface area contributed by atoms with Crippen LogP contribution >= 0.6 is 0 Å². The number of nitro groups is 1. The van der Waals surface area contributed by atoms with E-state index in [1.165, 1.54) is 19.2 Å². The number of nitrogens with one attached hydrogen (secondary N) is 2. The Labute approximate surface area is 152 Å². The summed E-state index contributed by atoms with van der Waals surface area (Å²) in [7, 11) is 1.36. The van der Waals surface area contributed by atoms with E-state index in [2.05, 4.69) is 15.5 Å². The lowest BCUT2D eigenvalue weighted by molar-refractivity contribution is -0.384. The molecular formula is C17H14N4O6. The molecule has 0 aliphatic heterocycles. The van der Waals surface area contributed by atoms with Crippen molar-refractivity contribution in [3.05, 3.63) is 58.3 Å². The van der Waals surface area contributed by atoms with Crippen molar-refractivity contribution in [3.63, 3.8) is 0 Å². The van der Waals surface area contributed by atoms with Gasteiger partial charge in [0, 0.05) is 17.5 Å². The number of amides is 1. The van der Waals surface area contributed by atoms with E-state index >= 15 is 0 Å². The van der Waals surface area contributed by atoms with E-state index in [0.717, 1.165) is 6.07 Å². The Kier molecular flexibility index (Phi) is 4.97. The molecule has 0 saturated carbocycles. The number of methoxy groups -OCH3 is 1. The Bertz CT molecular complexity index is 1030. The first kappa shape index (κ1) is 17.9. The Hall–Kier alpha value is -3.95. The molecule has 2 aromatic carbocycles. The molecule has 10 nitrogen and oxygen atoms in total. The van der Waals surface area contributed by atoms with Gasteiger partial charge in [0.15, 0.2) is 12.3 Å². The molecule has 1 aromatic heterocycles. The van der Waals surface area contributed by atoms with Gasteiger partial charge in [-0.15, -0.1) is 0 Å². The van der Waals surface area contributed by atoms with Crippen molar-refractivity contribution >= 4 is 34.2 Å². The number of hydrogen-bond donors (Lipinski definition) is 2. The van der Waals surface area contributed by atoms with Crippen LogP contribution in [-0.4, -0.2) is 40.7 Å². The summed E-state index contributed by atoms with van der Waals surface area (Å²) >= 11 is 0. The fourth-order valence-electron chi connectivity index (χ4n) is 2.41. The average molecular weight is 370 g/mol. The number of anilines is 1. The first-order chi connectivity index (χ1) is 13.0. The number of aromatic nitrogens is 2. The number of para-hydroxylation sites is 1. The SMILES string of the molecule is COc1ccc([N+](=O)[O-])cc1NC(=O)COC(=O)c1n[nH]c2ccccc12. The fraction of sp³-hybridized carbons (Fsp3) is 0.118. The highest BCUT2D eigenvalue weighted by molar-refractivity contribution is 6.03. The molecule has 27 heavy (non-hydrogen) atoms. The van der Waals surface area contributed by atoms with Gasteiger partial charge in [0.2, 0.25) is 0 Å². The van der Waals surface area contributed by atoms with Crippen LogP contribution in [0.25, 0.3) is 10.9 Å². The van der Waals surface area contributed by atoms with Crippen LogP contribution in [0.3, 0.4) is 0 Å². The molecule has 0 unspecified atom stereocenters. The number of ether oxygens (including phenoxy) is 2. The topological polar surface area (TPSA) is 136 Å². The number of hydrogen-bond acceptors (Lipinski definition) is 7. The lowest BCUT2D eigenvalue weighted by atomic mass is 10.2. The number of nitrogens with zero attached hydrogens (tertiary/aromatic N) is 2. The van der Waals surface area contributed by atoms with Gasteiger partial charge in [-0.25, -0.2) is 4.79 Å². The highest BCUT2D eigenvalue weighted by atomic mass is 16.6. The van der Waals surface area contributed by atoms with Crippen LogP contribution in [0.5, 0.6) is 5.75 Å². The van der Waals surface area contributed by atoms with Crippen molar-refractivity contribution in [3.8, 4) is 5.75 Å². The second kappa shape index (κ2) is 7.52. The maximum atomic E-state index is 12.1. The van der Waals surface area contributed by atoms with Crippen LogP contribution in [-0.2, 0) is 9.53 Å². The Balaban J connectivity index is 1.67. The average Bonchev–Trinajstić information content (AvgIpc) is 3.10. The molecular weight excluding hydrogens is 356 g/mol. The van der Waals surface area contributed by atoms with Crippen molar-refractivity contribution in [1.29, 1.82) is 0 Å². The van der Waals surface area contributed by atoms with Crippen LogP contribution in [0.1, 0.15) is 10.5 Å². The van der Waals surface area contributed by atoms with Gasteiger partial charge in [-0.05, 0) is 12.1 Å². The summed E-state index contributed by atoms with van der Waals surface area (Å²) in [6.07, 6.45) is 0. The molecule has 0 fully saturated rings. The summed E-state index contributed by atoms with van der Waals surface area (Å²) in [5.74, 6) is -1.21. The van der Waals surface area contributed by atoms with Gasteiger partial charge in [0.1, 0.15) is 5.75 Å². The Morgan fingerprint density at radius 2 is 2.04 bits per heavy atom. The monoisotopic (exact) mass is 370 g/mol. The molecule has 0 bridgehead atoms. The van der Waals surface area contributed by atoms with Gasteiger partial charge in [-0.3, -0.25) is 20.0 Å². The predicted octanol–water partition coefficient (Wildman–Crippen LogP) is 2.28. The first-order valence-electron chi connectivity index (χ1n) is 7.72. The molecule has 0 aliphatic carbocycles. The van der Waals surface area contributed by atoms with E-state index in [-0.39, 0.29) is 22.8 Å². The van der Waals surface area contributed by atoms with Crippen molar-refractivity contribution in [2.24, 2.45) is 0 Å². The first-order valence-corrected chi connectivity index (χ1v) is 7.72. The Morgan fingerprint density at radius 1 is 1.26 bits per heavy atom. The number of carbonyl (C=O) groups is 2. The van der Waals surface area contributed by atoms with Crippen molar-refractivity contribution in [1.82, 2.24) is 10.2 Å². The minimum absolute atomic E-state index is 0.0614. The maximum absolute atomic E-state index is 12.1. The van der Waals surface area contributed by atoms with E-state index in [4.69, 9.17) is 9.47 Å². The number of H-pyrrole nitrogens is 1. The maximum Gasteiger partial charge on any atom is 0.359 e. The molecule has 3 rings (SSSR count). The second-order valence-electron chi connectivity index (χ2n) is 5.38. The molecule has 0 spiro atoms. The van der Waals surface area contributed by atoms with E-state index < -0.39 is 23.4 Å². The van der Waals surface area contributed by atoms with Crippen molar-refractivity contribution in [2.45, 2.75) is 0 Å². The van der Waals surface area contributed by atoms with Crippen LogP contribution in [0, 0.1) is 10.1 Å². The molecule has 2 N–H and O–H groups in total. The van der Waals surface area contributed by atoms with Gasteiger partial charge in [0.25, 0.3) is 11.6 Å². The molecule has 1 amide bonds. The van der Waals surface area contributed by atoms with E-state index in [0.29, 0.717) is 10.9 Å². The van der Waals surface area contributed by atoms with E-state index in [1.807, 2.05) is 0 Å². The predicted molar refractivity (Wildman–Crippen MR) is 94.7 cm³/mol. The lowest BCUT2D eigenvalue weighted by Gasteiger charge is -2.10. The minimum Gasteiger partial charge on any atom is -0.495 e. The largest absolute Gasteiger partial charge is 0.495 e. The summed E-state index contributed by atoms with van der Waals surface area (Å²) < 4.78 is 10.0. The smallest absolute Gasteiger partial charge is 0.359 e. The zero-order valence-corrected chi connectivity index (χ0v) is 14.1. The van der Waals surface area contributed by atoms with Gasteiger partial charge < -0.3 is 14.8 Å². The molecule has 10 heteroatoms. The van der Waals surface area contributed by atoms with E-state index in [9.17, 15) is 19.7 Å². The summed E-state index contributed by atoms with van der Waals surface area (Å²) in [4.78, 5) is 34.5. The number of non-ortho nitro benzene ring substituents is 1. The highest BCUT2D eigenvalue weighted by Crippen LogP contribution is 2.28. The number of aromatic amines is 1. The van der Waals surface area contributed by atoms with Crippen molar-refractivity contribution < 1.29 is 24.0 Å². The molecule has 0 aliphatic rings. The van der Waals surface area contributed by atoms with Crippen LogP contribution in [0.2, 0.25) is 0 Å². The molecule has 0 saturated heterocycles. The summed E-state index contributed by atoms with van der Waals surface area (Å²) in [5, 5.41) is 20.4. The number of benzene rings is 2. The summed E-state index contributed by atoms with van der Waals surface area (Å²) in [6.45, 7) is -0.591. The fourth-order valence-corrected chi connectivity index (χ4v) is 2.41. The highest BCUT2D eigenvalue weighted by Gasteiger charge is 2.18. The van der Waals surface area contributed by atoms with Crippen molar-refractivity contribution in [2.75, 3.05) is 19.0 Å². The van der Waals surface area contributed by atoms with Crippen LogP contribution < -0.4 is 10.1 Å². The lowest BCUT2D eigenvalue weighted by Crippen LogP contribution is -2.21. The number of fused-ring (bicyclic) bond motifs is 1. The molecule has 0 radical (unpaired) electrons. The number of nitro benzene ring substituents is 1. The zero-order chi connectivity index (χ0) is 19.4. The number of esters is 1. The third-order valence-corrected chi connectivity index (χ3v) is 3.67. The summed E-state index contributed by atoms with van der Waals surface area (Å²) in [6, 6.07) is 10.7. The Morgan fingerprint density at radius 3 is 2.78 bits per heavy atom. The zero-order valence-electron chi connectivity index (χ0n) is 14.1. The molecule has 138 valence electrons. The quantitative estimate of drug-likeness (QED) is 0.386. The number of carbonyl (C=O) groups excluding carboxylic acids is 2. The standard InChI is InChI=1S/C17H14N4O6/c1-26-14-7-6-10(21(24)25)8-13(14)18-15(22)9-27-17(23)16-11-4-2-3-5-12(11)19-20-16/h2-8H,9H2,1H3,(H,18,22)(H,19,20). The second-order valence-corrected chi connectivity index (χ2v) is 5.38.